The van der Waals surface area contributed by atoms with Gasteiger partial charge < -0.3 is 25.0 Å². The highest BCUT2D eigenvalue weighted by Gasteiger charge is 2.22. The first kappa shape index (κ1) is 35.5. The van der Waals surface area contributed by atoms with Gasteiger partial charge >= 0.3 is 0 Å². The number of carbonyl (C=O) groups is 2. The number of nitrogens with zero attached hydrogens (tertiary/aromatic N) is 3. The normalized spacial score (nSPS) is 13.0. The highest BCUT2D eigenvalue weighted by atomic mass is 16.1. The summed E-state index contributed by atoms with van der Waals surface area (Å²) >= 11 is 0. The van der Waals surface area contributed by atoms with Crippen LogP contribution in [0.15, 0.2) is 37.4 Å². The van der Waals surface area contributed by atoms with Crippen LogP contribution in [0.2, 0.25) is 0 Å². The number of hydrogen-bond acceptors (Lipinski definition) is 5. The molecule has 5 heterocycles. The van der Waals surface area contributed by atoms with E-state index < -0.39 is 0 Å². The number of H-pyrrole nitrogens is 2. The molecule has 0 unspecified atom stereocenters. The number of allylic oxidation sites excluding steroid dienone is 4. The molecule has 8 nitrogen and oxygen atoms in total. The van der Waals surface area contributed by atoms with Gasteiger partial charge in [0.05, 0.1) is 22.8 Å². The molecule has 0 saturated carbocycles. The summed E-state index contributed by atoms with van der Waals surface area (Å²) < 4.78 is 0. The first-order valence-electron chi connectivity index (χ1n) is 17.2. The summed E-state index contributed by atoms with van der Waals surface area (Å²) in [6, 6.07) is 8.33. The van der Waals surface area contributed by atoms with Crippen LogP contribution in [0.4, 0.5) is 0 Å². The molecule has 2 aliphatic heterocycles. The Hall–Kier alpha value is -4.82. The molecular weight excluding hydrogens is 608 g/mol. The van der Waals surface area contributed by atoms with E-state index in [1.165, 1.54) is 0 Å². The van der Waals surface area contributed by atoms with Gasteiger partial charge in [0.15, 0.2) is 0 Å². The van der Waals surface area contributed by atoms with Gasteiger partial charge in [-0.05, 0) is 139 Å². The lowest BCUT2D eigenvalue weighted by Crippen LogP contribution is -2.25. The third-order valence-corrected chi connectivity index (χ3v) is 9.72. The summed E-state index contributed by atoms with van der Waals surface area (Å²) in [6.45, 7) is 19.9. The number of aryl methyl sites for hydroxylation is 2. The van der Waals surface area contributed by atoms with Crippen molar-refractivity contribution in [1.29, 1.82) is 0 Å². The summed E-state index contributed by atoms with van der Waals surface area (Å²) in [4.78, 5) is 44.8. The van der Waals surface area contributed by atoms with Crippen LogP contribution in [-0.2, 0) is 9.59 Å². The zero-order valence-corrected chi connectivity index (χ0v) is 30.2. The molecule has 0 aliphatic carbocycles. The van der Waals surface area contributed by atoms with E-state index in [-0.39, 0.29) is 11.7 Å². The molecule has 49 heavy (non-hydrogen) atoms. The van der Waals surface area contributed by atoms with Crippen molar-refractivity contribution in [3.8, 4) is 0 Å². The Balaban J connectivity index is 1.69. The number of rotatable bonds is 13. The number of nitrogens with one attached hydrogen (secondary N) is 3. The van der Waals surface area contributed by atoms with E-state index in [4.69, 9.17) is 9.97 Å². The van der Waals surface area contributed by atoms with E-state index in [1.807, 2.05) is 18.2 Å². The minimum absolute atomic E-state index is 0.0381. The maximum atomic E-state index is 13.0. The average Bonchev–Trinajstić information content (AvgIpc) is 3.71. The maximum Gasteiger partial charge on any atom is 0.220 e. The highest BCUT2D eigenvalue weighted by Crippen LogP contribution is 2.38. The zero-order chi connectivity index (χ0) is 35.4. The second-order valence-corrected chi connectivity index (χ2v) is 13.5. The lowest BCUT2D eigenvalue weighted by molar-refractivity contribution is -0.121. The van der Waals surface area contributed by atoms with Gasteiger partial charge in [-0.25, -0.2) is 9.97 Å². The Kier molecular flexibility index (Phi) is 11.0. The van der Waals surface area contributed by atoms with Crippen LogP contribution >= 0.6 is 0 Å². The van der Waals surface area contributed by atoms with Crippen LogP contribution in [0, 0.1) is 13.8 Å². The van der Waals surface area contributed by atoms with Crippen LogP contribution in [0.3, 0.4) is 0 Å². The van der Waals surface area contributed by atoms with Gasteiger partial charge in [-0.1, -0.05) is 25.3 Å². The molecule has 8 heteroatoms. The quantitative estimate of drug-likeness (QED) is 0.159. The van der Waals surface area contributed by atoms with Crippen molar-refractivity contribution < 1.29 is 9.59 Å². The minimum Gasteiger partial charge on any atom is -0.356 e. The van der Waals surface area contributed by atoms with Gasteiger partial charge in [0, 0.05) is 52.6 Å². The Bertz CT molecular complexity index is 2050. The number of amides is 1. The van der Waals surface area contributed by atoms with Crippen molar-refractivity contribution in [2.24, 2.45) is 0 Å². The SMILES string of the molecule is C=Cc1c(C)c2cc3[nH]c(cc4nc(cc5nc(cc1[nH]2)C(C)=C5CCC(C)=O)C(CCC(=O)NCCCCN(C)C)=C4C)c(C)c3C=C. The standard InChI is InChI=1S/C41H50N6O2/c1-10-29-25(4)33-20-34-28(7)32(16-17-41(49)42-18-12-13-19-47(8)9)40(45-34)23-39-31(15-14-24(3)48)27(6)36(46-39)22-38-30(11-2)26(5)35(44-38)21-37(29)43-33/h10-11,20-23,43-44H,1-2,12-19H2,3-9H3,(H,42,49). The topological polar surface area (TPSA) is 107 Å². The number of fused-ring (bicyclic) bond motifs is 8. The first-order chi connectivity index (χ1) is 23.4. The number of Topliss-reactive ketones (excluding diaryl/α,β-unsaturated/α-hetero) is 1. The third kappa shape index (κ3) is 7.75. The molecule has 3 aromatic rings. The van der Waals surface area contributed by atoms with Crippen LogP contribution in [0.25, 0.3) is 56.5 Å². The lowest BCUT2D eigenvalue weighted by Gasteiger charge is -2.10. The van der Waals surface area contributed by atoms with Crippen LogP contribution in [-0.4, -0.2) is 63.7 Å². The van der Waals surface area contributed by atoms with E-state index in [0.717, 1.165) is 109 Å². The fourth-order valence-electron chi connectivity index (χ4n) is 6.71. The largest absolute Gasteiger partial charge is 0.356 e. The Labute approximate surface area is 290 Å². The second kappa shape index (κ2) is 15.2. The monoisotopic (exact) mass is 658 g/mol. The minimum atomic E-state index is 0.0381. The predicted octanol–water partition coefficient (Wildman–Crippen LogP) is 8.69. The fraction of sp³-hybridized carbons (Fsp3) is 0.366. The van der Waals surface area contributed by atoms with Crippen molar-refractivity contribution in [2.45, 2.75) is 73.1 Å². The van der Waals surface area contributed by atoms with Crippen molar-refractivity contribution in [3.05, 3.63) is 82.5 Å². The molecule has 3 aromatic heterocycles. The number of aromatic nitrogens is 4. The third-order valence-electron chi connectivity index (χ3n) is 9.72. The molecule has 5 rings (SSSR count). The second-order valence-electron chi connectivity index (χ2n) is 13.5. The Morgan fingerprint density at radius 3 is 1.78 bits per heavy atom. The van der Waals surface area contributed by atoms with Gasteiger partial charge in [-0.3, -0.25) is 4.79 Å². The Morgan fingerprint density at radius 1 is 0.735 bits per heavy atom. The summed E-state index contributed by atoms with van der Waals surface area (Å²) in [5.41, 5.74) is 15.4. The van der Waals surface area contributed by atoms with E-state index in [1.54, 1.807) is 6.92 Å². The number of carbonyl (C=O) groups excluding carboxylic acids is 2. The molecule has 1 amide bonds. The van der Waals surface area contributed by atoms with Crippen LogP contribution in [0.1, 0.15) is 104 Å². The summed E-state index contributed by atoms with van der Waals surface area (Å²) in [6.07, 6.45) is 7.69. The molecule has 0 saturated heterocycles. The summed E-state index contributed by atoms with van der Waals surface area (Å²) in [7, 11) is 4.12. The van der Waals surface area contributed by atoms with Crippen molar-refractivity contribution in [1.82, 2.24) is 30.2 Å². The Morgan fingerprint density at radius 2 is 1.24 bits per heavy atom. The molecule has 0 atom stereocenters. The smallest absolute Gasteiger partial charge is 0.220 e. The lowest BCUT2D eigenvalue weighted by atomic mass is 9.97. The number of hydrogen-bond donors (Lipinski definition) is 3. The molecule has 3 N–H and O–H groups in total. The molecule has 256 valence electrons. The molecule has 0 spiro atoms. The number of unbranched alkanes of at least 4 members (excludes halogenated alkanes) is 1. The zero-order valence-electron chi connectivity index (χ0n) is 30.2. The van der Waals surface area contributed by atoms with Gasteiger partial charge in [-0.15, -0.1) is 0 Å². The molecule has 0 radical (unpaired) electrons. The average molecular weight is 659 g/mol. The fourth-order valence-corrected chi connectivity index (χ4v) is 6.71. The molecule has 0 fully saturated rings. The van der Waals surface area contributed by atoms with E-state index in [9.17, 15) is 9.59 Å². The highest BCUT2D eigenvalue weighted by molar-refractivity contribution is 5.97. The van der Waals surface area contributed by atoms with Crippen molar-refractivity contribution >= 4 is 68.2 Å². The van der Waals surface area contributed by atoms with Gasteiger partial charge in [0.2, 0.25) is 5.91 Å². The summed E-state index contributed by atoms with van der Waals surface area (Å²) in [5, 5.41) is 3.10. The molecule has 8 bridgehead atoms. The van der Waals surface area contributed by atoms with Crippen molar-refractivity contribution in [3.63, 3.8) is 0 Å². The predicted molar refractivity (Wildman–Crippen MR) is 206 cm³/mol. The van der Waals surface area contributed by atoms with Crippen LogP contribution in [0.5, 0.6) is 0 Å². The summed E-state index contributed by atoms with van der Waals surface area (Å²) in [5.74, 6) is 0.174. The maximum absolute atomic E-state index is 13.0. The van der Waals surface area contributed by atoms with Crippen molar-refractivity contribution in [2.75, 3.05) is 27.2 Å². The molecular formula is C41H50N6O2. The van der Waals surface area contributed by atoms with E-state index >= 15 is 0 Å². The first-order valence-corrected chi connectivity index (χ1v) is 17.2. The van der Waals surface area contributed by atoms with E-state index in [0.29, 0.717) is 32.2 Å². The number of ketones is 1. The van der Waals surface area contributed by atoms with E-state index in [2.05, 4.69) is 93.3 Å². The van der Waals surface area contributed by atoms with Crippen LogP contribution < -0.4 is 5.32 Å². The molecule has 0 aromatic carbocycles. The van der Waals surface area contributed by atoms with Gasteiger partial charge in [0.1, 0.15) is 5.78 Å². The molecule has 2 aliphatic rings. The van der Waals surface area contributed by atoms with Gasteiger partial charge in [0.25, 0.3) is 0 Å². The van der Waals surface area contributed by atoms with Gasteiger partial charge in [-0.2, -0.15) is 0 Å². The number of aromatic amines is 2.